The third-order valence-corrected chi connectivity index (χ3v) is 10.1. The van der Waals surface area contributed by atoms with Crippen molar-refractivity contribution in [3.63, 3.8) is 0 Å². The molecule has 11 heteroatoms. The number of carboxylic acid groups (broad SMARTS) is 1. The van der Waals surface area contributed by atoms with Gasteiger partial charge in [0.15, 0.2) is 5.58 Å². The van der Waals surface area contributed by atoms with Gasteiger partial charge in [0.25, 0.3) is 0 Å². The zero-order valence-corrected chi connectivity index (χ0v) is 29.5. The van der Waals surface area contributed by atoms with Crippen LogP contribution in [0.1, 0.15) is 48.9 Å². The van der Waals surface area contributed by atoms with Crippen molar-refractivity contribution in [1.29, 1.82) is 0 Å². The van der Waals surface area contributed by atoms with Crippen LogP contribution in [-0.2, 0) is 17.9 Å². The molecule has 5 aromatic rings. The Morgan fingerprint density at radius 1 is 0.961 bits per heavy atom. The Morgan fingerprint density at radius 3 is 2.31 bits per heavy atom. The first-order valence-corrected chi connectivity index (χ1v) is 17.2. The first kappa shape index (κ1) is 34.6. The van der Waals surface area contributed by atoms with Crippen molar-refractivity contribution >= 4 is 17.1 Å². The molecule has 0 saturated carbocycles. The van der Waals surface area contributed by atoms with E-state index in [0.717, 1.165) is 64.3 Å². The highest BCUT2D eigenvalue weighted by atomic mass is 19.3. The molecular weight excluding hydrogens is 654 g/mol. The summed E-state index contributed by atoms with van der Waals surface area (Å²) in [6.07, 6.45) is 1.22. The van der Waals surface area contributed by atoms with Crippen LogP contribution >= 0.6 is 0 Å². The number of alkyl halides is 2. The van der Waals surface area contributed by atoms with Crippen molar-refractivity contribution in [3.8, 4) is 45.5 Å². The molecule has 2 aliphatic heterocycles. The number of aliphatic carboxylic acids is 1. The lowest BCUT2D eigenvalue weighted by Crippen LogP contribution is -2.52. The lowest BCUT2D eigenvalue weighted by atomic mass is 9.84. The van der Waals surface area contributed by atoms with Crippen LogP contribution in [0, 0.1) is 19.3 Å². The van der Waals surface area contributed by atoms with Crippen molar-refractivity contribution in [3.05, 3.63) is 82.9 Å². The van der Waals surface area contributed by atoms with Gasteiger partial charge in [0.05, 0.1) is 12.8 Å². The lowest BCUT2D eigenvalue weighted by molar-refractivity contribution is -0.142. The van der Waals surface area contributed by atoms with Gasteiger partial charge in [-0.2, -0.15) is 8.78 Å². The number of aromatic nitrogens is 2. The topological polar surface area (TPSA) is 101 Å². The minimum atomic E-state index is -3.05. The molecule has 2 aromatic heterocycles. The number of oxazole rings is 1. The second kappa shape index (κ2) is 13.7. The zero-order valence-electron chi connectivity index (χ0n) is 29.5. The maximum absolute atomic E-state index is 13.5. The van der Waals surface area contributed by atoms with Crippen LogP contribution in [-0.4, -0.2) is 70.2 Å². The molecule has 2 fully saturated rings. The molecule has 1 atom stereocenters. The number of pyridine rings is 1. The zero-order chi connectivity index (χ0) is 36.0. The van der Waals surface area contributed by atoms with E-state index < -0.39 is 18.6 Å². The quantitative estimate of drug-likeness (QED) is 0.146. The summed E-state index contributed by atoms with van der Waals surface area (Å²) in [4.78, 5) is 25.6. The molecule has 0 unspecified atom stereocenters. The van der Waals surface area contributed by atoms with Crippen molar-refractivity contribution < 1.29 is 32.6 Å². The number of benzene rings is 3. The summed E-state index contributed by atoms with van der Waals surface area (Å²) in [6.45, 7) is 9.17. The molecule has 0 bridgehead atoms. The highest BCUT2D eigenvalue weighted by Gasteiger charge is 2.34. The third kappa shape index (κ3) is 6.92. The number of ether oxygens (including phenoxy) is 2. The number of nitrogens with zero attached hydrogens (tertiary/aromatic N) is 4. The number of rotatable bonds is 11. The van der Waals surface area contributed by atoms with Gasteiger partial charge in [-0.25, -0.2) is 9.97 Å². The van der Waals surface area contributed by atoms with Gasteiger partial charge in [-0.3, -0.25) is 14.6 Å². The Morgan fingerprint density at radius 2 is 1.65 bits per heavy atom. The predicted molar refractivity (Wildman–Crippen MR) is 191 cm³/mol. The highest BCUT2D eigenvalue weighted by Crippen LogP contribution is 2.39. The van der Waals surface area contributed by atoms with E-state index in [2.05, 4.69) is 56.0 Å². The fourth-order valence-electron chi connectivity index (χ4n) is 7.75. The van der Waals surface area contributed by atoms with E-state index in [4.69, 9.17) is 23.9 Å². The molecule has 51 heavy (non-hydrogen) atoms. The van der Waals surface area contributed by atoms with Gasteiger partial charge in [-0.15, -0.1) is 0 Å². The molecule has 2 aliphatic rings. The summed E-state index contributed by atoms with van der Waals surface area (Å²) in [5.74, 6) is -0.0172. The summed E-state index contributed by atoms with van der Waals surface area (Å²) in [5.41, 5.74) is 9.20. The van der Waals surface area contributed by atoms with Gasteiger partial charge < -0.3 is 19.0 Å². The Labute approximate surface area is 295 Å². The minimum absolute atomic E-state index is 0.0584. The average Bonchev–Trinajstić information content (AvgIpc) is 3.71. The molecule has 1 N–H and O–H groups in total. The van der Waals surface area contributed by atoms with E-state index in [1.54, 1.807) is 18.1 Å². The molecule has 266 valence electrons. The summed E-state index contributed by atoms with van der Waals surface area (Å²) < 4.78 is 43.7. The van der Waals surface area contributed by atoms with Gasteiger partial charge in [-0.05, 0) is 79.1 Å². The number of fused-ring (bicyclic) bond motifs is 1. The van der Waals surface area contributed by atoms with E-state index in [9.17, 15) is 18.7 Å². The number of likely N-dealkylation sites (tertiary alicyclic amines) is 2. The van der Waals surface area contributed by atoms with Crippen molar-refractivity contribution in [2.24, 2.45) is 5.41 Å². The van der Waals surface area contributed by atoms with Gasteiger partial charge in [0.2, 0.25) is 11.8 Å². The van der Waals surface area contributed by atoms with Gasteiger partial charge in [0.1, 0.15) is 17.3 Å². The number of hydrogen-bond acceptors (Lipinski definition) is 8. The van der Waals surface area contributed by atoms with E-state index in [-0.39, 0.29) is 12.3 Å². The van der Waals surface area contributed by atoms with Crippen molar-refractivity contribution in [2.45, 2.75) is 66.3 Å². The summed E-state index contributed by atoms with van der Waals surface area (Å²) in [7, 11) is 1.66. The molecule has 0 radical (unpaired) electrons. The monoisotopic (exact) mass is 696 g/mol. The molecular formula is C40H42F2N4O5. The molecule has 3 aromatic carbocycles. The SMILES string of the molecule is COc1nc(-c2cccc(-c3cccc(-c4nc5cc(CN6CCC[C@H]6C(=O)O)c(OC(F)F)cc5o4)c3C)c2C)ccc1CN1CC(C)(C)C1. The van der Waals surface area contributed by atoms with Crippen LogP contribution in [0.25, 0.3) is 44.9 Å². The van der Waals surface area contributed by atoms with Gasteiger partial charge >= 0.3 is 12.6 Å². The van der Waals surface area contributed by atoms with E-state index in [1.165, 1.54) is 6.07 Å². The Balaban J connectivity index is 1.20. The largest absolute Gasteiger partial charge is 0.481 e. The smallest absolute Gasteiger partial charge is 0.387 e. The molecule has 7 rings (SSSR count). The molecule has 2 saturated heterocycles. The molecule has 9 nitrogen and oxygen atoms in total. The lowest BCUT2D eigenvalue weighted by Gasteiger charge is -2.46. The second-order valence-electron chi connectivity index (χ2n) is 14.4. The molecule has 4 heterocycles. The van der Waals surface area contributed by atoms with Crippen molar-refractivity contribution in [2.75, 3.05) is 26.7 Å². The average molecular weight is 697 g/mol. The number of methoxy groups -OCH3 is 1. The van der Waals surface area contributed by atoms with Crippen LogP contribution in [0.4, 0.5) is 8.78 Å². The summed E-state index contributed by atoms with van der Waals surface area (Å²) >= 11 is 0. The number of halogens is 2. The van der Waals surface area contributed by atoms with E-state index >= 15 is 0 Å². The number of hydrogen-bond donors (Lipinski definition) is 1. The van der Waals surface area contributed by atoms with Gasteiger partial charge in [-0.1, -0.05) is 50.2 Å². The summed E-state index contributed by atoms with van der Waals surface area (Å²) in [5, 5.41) is 9.65. The first-order valence-electron chi connectivity index (χ1n) is 17.2. The first-order chi connectivity index (χ1) is 24.4. The van der Waals surface area contributed by atoms with E-state index in [1.807, 2.05) is 25.1 Å². The minimum Gasteiger partial charge on any atom is -0.481 e. The molecule has 0 aliphatic carbocycles. The Bertz CT molecular complexity index is 2100. The standard InChI is InChI=1S/C40H42F2N4O5/c1-23-27(9-6-11-29(23)31-15-14-25(36(43-31)49-5)19-45-21-40(3,4)22-45)28-10-7-12-30(24(28)2)37-44-32-17-26(20-46-16-8-13-33(46)38(47)48)34(51-39(41)42)18-35(32)50-37/h6-7,9-12,14-15,17-18,33,39H,8,13,16,19-22H2,1-5H3,(H,47,48)/t33-/m0/s1. The maximum Gasteiger partial charge on any atom is 0.387 e. The predicted octanol–water partition coefficient (Wildman–Crippen LogP) is 8.34. The normalized spacial score (nSPS) is 17.6. The molecule has 0 amide bonds. The van der Waals surface area contributed by atoms with Crippen LogP contribution in [0.5, 0.6) is 11.6 Å². The molecule has 0 spiro atoms. The third-order valence-electron chi connectivity index (χ3n) is 10.1. The van der Waals surface area contributed by atoms with Crippen LogP contribution < -0.4 is 9.47 Å². The number of carbonyl (C=O) groups is 1. The van der Waals surface area contributed by atoms with Gasteiger partial charge in [0, 0.05) is 54.5 Å². The van der Waals surface area contributed by atoms with Crippen molar-refractivity contribution in [1.82, 2.24) is 19.8 Å². The van der Waals surface area contributed by atoms with Crippen LogP contribution in [0.15, 0.2) is 65.1 Å². The highest BCUT2D eigenvalue weighted by molar-refractivity contribution is 5.84. The summed E-state index contributed by atoms with van der Waals surface area (Å²) in [6, 6.07) is 18.7. The fraction of sp³-hybridized carbons (Fsp3) is 0.375. The van der Waals surface area contributed by atoms with Crippen LogP contribution in [0.3, 0.4) is 0 Å². The fourth-order valence-corrected chi connectivity index (χ4v) is 7.75. The second-order valence-corrected chi connectivity index (χ2v) is 14.4. The Kier molecular flexibility index (Phi) is 9.28. The maximum atomic E-state index is 13.5. The van der Waals surface area contributed by atoms with E-state index in [0.29, 0.717) is 53.2 Å². The number of carboxylic acids is 1. The van der Waals surface area contributed by atoms with Crippen LogP contribution in [0.2, 0.25) is 0 Å². The Hall–Kier alpha value is -4.87.